The van der Waals surface area contributed by atoms with Crippen LogP contribution in [-0.4, -0.2) is 125 Å². The van der Waals surface area contributed by atoms with E-state index >= 15 is 0 Å². The summed E-state index contributed by atoms with van der Waals surface area (Å²) >= 11 is 0. The largest absolute Gasteiger partial charge is 0.392 e. The Kier molecular flexibility index (Phi) is 8.12. The molecule has 10 nitrogen and oxygen atoms in total. The molecule has 4 aliphatic heterocycles. The van der Waals surface area contributed by atoms with Crippen LogP contribution in [0.1, 0.15) is 116 Å². The maximum Gasteiger partial charge on any atom is 0.257 e. The molecule has 10 heteroatoms. The molecule has 4 fully saturated rings. The van der Waals surface area contributed by atoms with Crippen LogP contribution in [0.4, 0.5) is 0 Å². The fraction of sp³-hybridized carbons (Fsp3) is 0.939. The number of carbonyl (C=O) groups excluding carboxylic acids is 2. The summed E-state index contributed by atoms with van der Waals surface area (Å²) in [6.45, 7) is 27.0. The van der Waals surface area contributed by atoms with Crippen molar-refractivity contribution in [1.29, 1.82) is 0 Å². The van der Waals surface area contributed by atoms with Crippen LogP contribution < -0.4 is 0 Å². The molecule has 2 unspecified atom stereocenters. The van der Waals surface area contributed by atoms with Crippen LogP contribution in [0.3, 0.4) is 0 Å². The Bertz CT molecular complexity index is 1090. The quantitative estimate of drug-likeness (QED) is 0.473. The van der Waals surface area contributed by atoms with Gasteiger partial charge >= 0.3 is 0 Å². The zero-order valence-corrected chi connectivity index (χ0v) is 29.4. The second-order valence-electron chi connectivity index (χ2n) is 17.5. The maximum absolute atomic E-state index is 14.2. The van der Waals surface area contributed by atoms with Gasteiger partial charge in [-0.05, 0) is 97.1 Å². The predicted molar refractivity (Wildman–Crippen MR) is 166 cm³/mol. The van der Waals surface area contributed by atoms with Crippen LogP contribution in [-0.2, 0) is 19.1 Å². The Morgan fingerprint density at radius 1 is 0.628 bits per heavy atom. The van der Waals surface area contributed by atoms with Crippen molar-refractivity contribution in [3.63, 3.8) is 0 Å². The zero-order valence-electron chi connectivity index (χ0n) is 29.4. The van der Waals surface area contributed by atoms with Gasteiger partial charge in [-0.3, -0.25) is 19.4 Å². The summed E-state index contributed by atoms with van der Waals surface area (Å²) in [7, 11) is 2.11. The monoisotopic (exact) mass is 608 g/mol. The number of ether oxygens (including phenoxy) is 2. The standard InChI is InChI=1S/C33H60N4O6/c1-22(38)15-35-24(40)33(42-30(35,10)11)20-28(6,7)37(29(8,9)21-33)17-23(39)16-36-25(41)32(43-31(36,12)13)18-26(2,3)34(14)27(4,5)19-32/h22-23,38-39H,15-21H2,1-14H3. The lowest BCUT2D eigenvalue weighted by atomic mass is 9.70. The molecule has 248 valence electrons. The minimum Gasteiger partial charge on any atom is -0.392 e. The number of aliphatic hydroxyl groups excluding tert-OH is 2. The Morgan fingerprint density at radius 2 is 0.977 bits per heavy atom. The summed E-state index contributed by atoms with van der Waals surface area (Å²) in [5, 5.41) is 21.7. The smallest absolute Gasteiger partial charge is 0.257 e. The number of β-amino-alcohol motifs (C(OH)–C–C–N with tert-alkyl or cyclic N) is 2. The SMILES string of the molecule is CC(O)CN1C(=O)C2(CC(C)(C)N(CC(O)CN3C(=O)C4(CC(C)(C)N(C)C(C)(C)C4)OC3(C)C)C(C)(C)C2)OC1(C)C. The van der Waals surface area contributed by atoms with Gasteiger partial charge in [0.15, 0.2) is 11.2 Å². The predicted octanol–water partition coefficient (Wildman–Crippen LogP) is 3.33. The van der Waals surface area contributed by atoms with E-state index in [9.17, 15) is 19.8 Å². The second kappa shape index (κ2) is 10.1. The summed E-state index contributed by atoms with van der Waals surface area (Å²) in [5.74, 6) is -0.136. The number of hydrogen-bond donors (Lipinski definition) is 2. The lowest BCUT2D eigenvalue weighted by molar-refractivity contribution is -0.191. The number of likely N-dealkylation sites (tertiary alicyclic amines) is 2. The van der Waals surface area contributed by atoms with Gasteiger partial charge in [0, 0.05) is 60.9 Å². The lowest BCUT2D eigenvalue weighted by Crippen LogP contribution is -2.69. The van der Waals surface area contributed by atoms with E-state index in [0.717, 1.165) is 0 Å². The number of carbonyl (C=O) groups is 2. The second-order valence-corrected chi connectivity index (χ2v) is 17.5. The summed E-state index contributed by atoms with van der Waals surface area (Å²) in [5.41, 5.74) is -5.13. The maximum atomic E-state index is 14.2. The van der Waals surface area contributed by atoms with Crippen molar-refractivity contribution in [1.82, 2.24) is 19.6 Å². The first-order valence-corrected chi connectivity index (χ1v) is 16.1. The first-order valence-electron chi connectivity index (χ1n) is 16.1. The molecule has 4 heterocycles. The molecule has 2 amide bonds. The molecule has 0 radical (unpaired) electrons. The Hall–Kier alpha value is -1.30. The Morgan fingerprint density at radius 3 is 1.35 bits per heavy atom. The van der Waals surface area contributed by atoms with Gasteiger partial charge in [-0.2, -0.15) is 0 Å². The van der Waals surface area contributed by atoms with Crippen LogP contribution in [0.15, 0.2) is 0 Å². The van der Waals surface area contributed by atoms with Crippen LogP contribution in [0, 0.1) is 0 Å². The van der Waals surface area contributed by atoms with E-state index in [1.807, 2.05) is 27.7 Å². The molecule has 2 spiro atoms. The fourth-order valence-electron chi connectivity index (χ4n) is 9.41. The van der Waals surface area contributed by atoms with E-state index in [1.54, 1.807) is 16.7 Å². The van der Waals surface area contributed by atoms with Gasteiger partial charge in [-0.15, -0.1) is 0 Å². The molecule has 0 bridgehead atoms. The van der Waals surface area contributed by atoms with E-state index in [0.29, 0.717) is 32.2 Å². The number of nitrogens with zero attached hydrogens (tertiary/aromatic N) is 4. The van der Waals surface area contributed by atoms with Crippen molar-refractivity contribution in [3.8, 4) is 0 Å². The minimum absolute atomic E-state index is 0.0488. The number of amides is 2. The van der Waals surface area contributed by atoms with Gasteiger partial charge in [-0.1, -0.05) is 0 Å². The zero-order chi connectivity index (χ0) is 33.0. The third-order valence-corrected chi connectivity index (χ3v) is 10.8. The average Bonchev–Trinajstić information content (AvgIpc) is 3.06. The highest BCUT2D eigenvalue weighted by Crippen LogP contribution is 2.53. The van der Waals surface area contributed by atoms with Gasteiger partial charge in [0.2, 0.25) is 0 Å². The van der Waals surface area contributed by atoms with E-state index < -0.39 is 45.9 Å². The molecule has 43 heavy (non-hydrogen) atoms. The summed E-state index contributed by atoms with van der Waals surface area (Å²) in [4.78, 5) is 36.1. The molecule has 2 atom stereocenters. The van der Waals surface area contributed by atoms with Gasteiger partial charge in [0.1, 0.15) is 11.4 Å². The molecule has 0 saturated carbocycles. The van der Waals surface area contributed by atoms with Crippen molar-refractivity contribution in [3.05, 3.63) is 0 Å². The van der Waals surface area contributed by atoms with Crippen molar-refractivity contribution in [2.45, 2.75) is 173 Å². The summed E-state index contributed by atoms with van der Waals surface area (Å²) in [6, 6.07) is 0. The first kappa shape index (κ1) is 34.6. The van der Waals surface area contributed by atoms with Gasteiger partial charge in [-0.25, -0.2) is 0 Å². The molecule has 4 aliphatic rings. The van der Waals surface area contributed by atoms with Crippen LogP contribution in [0.2, 0.25) is 0 Å². The molecule has 0 aromatic carbocycles. The summed E-state index contributed by atoms with van der Waals surface area (Å²) < 4.78 is 13.3. The molecule has 0 aromatic rings. The van der Waals surface area contributed by atoms with E-state index in [4.69, 9.17) is 9.47 Å². The molecule has 0 aromatic heterocycles. The highest BCUT2D eigenvalue weighted by molar-refractivity contribution is 5.89. The van der Waals surface area contributed by atoms with Crippen LogP contribution in [0.5, 0.6) is 0 Å². The normalized spacial score (nSPS) is 31.6. The van der Waals surface area contributed by atoms with Crippen molar-refractivity contribution < 1.29 is 29.3 Å². The molecule has 4 saturated heterocycles. The van der Waals surface area contributed by atoms with Crippen molar-refractivity contribution in [2.75, 3.05) is 26.7 Å². The van der Waals surface area contributed by atoms with E-state index in [-0.39, 0.29) is 36.0 Å². The summed E-state index contributed by atoms with van der Waals surface area (Å²) in [6.07, 6.45) is 0.578. The lowest BCUT2D eigenvalue weighted by Gasteiger charge is -2.58. The number of piperidine rings is 2. The van der Waals surface area contributed by atoms with Gasteiger partial charge < -0.3 is 29.5 Å². The highest BCUT2D eigenvalue weighted by Gasteiger charge is 2.66. The fourth-order valence-corrected chi connectivity index (χ4v) is 9.41. The van der Waals surface area contributed by atoms with Crippen LogP contribution >= 0.6 is 0 Å². The third kappa shape index (κ3) is 5.78. The number of rotatable bonds is 6. The van der Waals surface area contributed by atoms with Crippen LogP contribution in [0.25, 0.3) is 0 Å². The van der Waals surface area contributed by atoms with Crippen molar-refractivity contribution in [2.24, 2.45) is 0 Å². The average molecular weight is 609 g/mol. The third-order valence-electron chi connectivity index (χ3n) is 10.8. The Labute approximate surface area is 260 Å². The number of aliphatic hydroxyl groups is 2. The van der Waals surface area contributed by atoms with Gasteiger partial charge in [0.05, 0.1) is 18.8 Å². The van der Waals surface area contributed by atoms with Gasteiger partial charge in [0.25, 0.3) is 11.8 Å². The molecular formula is C33H60N4O6. The van der Waals surface area contributed by atoms with E-state index in [2.05, 4.69) is 72.2 Å². The minimum atomic E-state index is -1.02. The molecule has 4 rings (SSSR count). The van der Waals surface area contributed by atoms with Crippen molar-refractivity contribution >= 4 is 11.8 Å². The Balaban J connectivity index is 1.54. The van der Waals surface area contributed by atoms with E-state index in [1.165, 1.54) is 0 Å². The first-order chi connectivity index (χ1) is 19.1. The molecule has 0 aliphatic carbocycles. The topological polar surface area (TPSA) is 106 Å². The molecule has 2 N–H and O–H groups in total. The highest BCUT2D eigenvalue weighted by atomic mass is 16.6. The molecular weight excluding hydrogens is 548 g/mol. The number of hydrogen-bond acceptors (Lipinski definition) is 8.